The van der Waals surface area contributed by atoms with Gasteiger partial charge in [0, 0.05) is 29.1 Å². The number of nitrogens with one attached hydrogen (secondary N) is 3. The number of fused-ring (bicyclic) bond motifs is 1. The summed E-state index contributed by atoms with van der Waals surface area (Å²) >= 11 is 0. The Balaban J connectivity index is 1.58. The molecule has 3 heterocycles. The Hall–Kier alpha value is -3.68. The maximum Gasteiger partial charge on any atom is 0.228 e. The molecule has 7 nitrogen and oxygen atoms in total. The molecule has 152 valence electrons. The summed E-state index contributed by atoms with van der Waals surface area (Å²) < 4.78 is 15.2. The van der Waals surface area contributed by atoms with E-state index in [-0.39, 0.29) is 18.1 Å². The fourth-order valence-electron chi connectivity index (χ4n) is 3.49. The highest BCUT2D eigenvalue weighted by Crippen LogP contribution is 2.30. The molecule has 0 spiro atoms. The summed E-state index contributed by atoms with van der Waals surface area (Å²) in [5.74, 6) is 1.11. The summed E-state index contributed by atoms with van der Waals surface area (Å²) in [4.78, 5) is 16.4. The first-order valence-corrected chi connectivity index (χ1v) is 9.84. The Bertz CT molecular complexity index is 1220. The first-order chi connectivity index (χ1) is 14.5. The lowest BCUT2D eigenvalue weighted by Crippen LogP contribution is -2.10. The van der Waals surface area contributed by atoms with Gasteiger partial charge in [-0.05, 0) is 55.2 Å². The number of amides is 1. The minimum atomic E-state index is -0.276. The van der Waals surface area contributed by atoms with Crippen LogP contribution >= 0.6 is 0 Å². The third kappa shape index (κ3) is 3.52. The summed E-state index contributed by atoms with van der Waals surface area (Å²) in [6, 6.07) is 6.93. The van der Waals surface area contributed by atoms with Crippen molar-refractivity contribution in [3.05, 3.63) is 65.3 Å². The zero-order valence-electron chi connectivity index (χ0n) is 16.5. The molecule has 0 bridgehead atoms. The van der Waals surface area contributed by atoms with Gasteiger partial charge in [-0.25, -0.2) is 9.37 Å². The number of hydrogen-bond donors (Lipinski definition) is 3. The van der Waals surface area contributed by atoms with E-state index >= 15 is 0 Å². The van der Waals surface area contributed by atoms with Crippen molar-refractivity contribution in [3.8, 4) is 0 Å². The van der Waals surface area contributed by atoms with Crippen LogP contribution in [0.4, 0.5) is 21.7 Å². The Morgan fingerprint density at radius 1 is 1.33 bits per heavy atom. The summed E-state index contributed by atoms with van der Waals surface area (Å²) in [5, 5.41) is 14.0. The summed E-state index contributed by atoms with van der Waals surface area (Å²) in [6.07, 6.45) is 6.15. The Morgan fingerprint density at radius 3 is 2.87 bits per heavy atom. The lowest BCUT2D eigenvalue weighted by Gasteiger charge is -2.13. The maximum absolute atomic E-state index is 13.5. The van der Waals surface area contributed by atoms with E-state index in [1.807, 2.05) is 19.1 Å². The standard InChI is InChI=1S/C22H21FN6O/c1-12-7-16(23)3-6-18(12)27-19-10-20(26-17-4-5-17)29-22(28-19)15(11-24-29)8-14-9-21(30)25-13(14)2/h3,6-8,10-11,17,26H,2,4-5,9H2,1H3,(H,25,30)(H,27,28)/b14-8+. The van der Waals surface area contributed by atoms with Gasteiger partial charge in [0.2, 0.25) is 5.91 Å². The molecule has 1 aliphatic carbocycles. The van der Waals surface area contributed by atoms with Gasteiger partial charge in [-0.1, -0.05) is 6.58 Å². The summed E-state index contributed by atoms with van der Waals surface area (Å²) in [7, 11) is 0. The molecule has 3 aromatic rings. The predicted octanol–water partition coefficient (Wildman–Crippen LogP) is 3.91. The van der Waals surface area contributed by atoms with E-state index in [9.17, 15) is 9.18 Å². The van der Waals surface area contributed by atoms with Crippen molar-refractivity contribution in [2.45, 2.75) is 32.2 Å². The highest BCUT2D eigenvalue weighted by molar-refractivity contribution is 5.89. The molecular weight excluding hydrogens is 383 g/mol. The van der Waals surface area contributed by atoms with Crippen LogP contribution in [0.2, 0.25) is 0 Å². The van der Waals surface area contributed by atoms with Gasteiger partial charge >= 0.3 is 0 Å². The van der Waals surface area contributed by atoms with Gasteiger partial charge < -0.3 is 16.0 Å². The number of nitrogens with zero attached hydrogens (tertiary/aromatic N) is 3. The molecule has 0 atom stereocenters. The van der Waals surface area contributed by atoms with Crippen LogP contribution in [0.3, 0.4) is 0 Å². The van der Waals surface area contributed by atoms with Crippen LogP contribution in [-0.2, 0) is 4.79 Å². The van der Waals surface area contributed by atoms with Gasteiger partial charge in [-0.15, -0.1) is 0 Å². The normalized spacial score (nSPS) is 17.6. The Kier molecular flexibility index (Phi) is 4.27. The second-order valence-electron chi connectivity index (χ2n) is 7.74. The number of carbonyl (C=O) groups is 1. The van der Waals surface area contributed by atoms with Crippen LogP contribution in [0.5, 0.6) is 0 Å². The molecule has 3 N–H and O–H groups in total. The van der Waals surface area contributed by atoms with Crippen molar-refractivity contribution in [1.29, 1.82) is 0 Å². The van der Waals surface area contributed by atoms with Crippen LogP contribution in [0.1, 0.15) is 30.4 Å². The maximum atomic E-state index is 13.5. The highest BCUT2D eigenvalue weighted by Gasteiger charge is 2.24. The average molecular weight is 404 g/mol. The van der Waals surface area contributed by atoms with Gasteiger partial charge in [0.1, 0.15) is 17.5 Å². The number of allylic oxidation sites excluding steroid dienone is 1. The van der Waals surface area contributed by atoms with Crippen molar-refractivity contribution >= 4 is 35.0 Å². The molecule has 1 saturated heterocycles. The van der Waals surface area contributed by atoms with Gasteiger partial charge in [-0.3, -0.25) is 4.79 Å². The van der Waals surface area contributed by atoms with E-state index in [1.54, 1.807) is 16.8 Å². The van der Waals surface area contributed by atoms with Crippen molar-refractivity contribution in [2.24, 2.45) is 0 Å². The number of halogens is 1. The molecule has 1 aliphatic heterocycles. The number of hydrogen-bond acceptors (Lipinski definition) is 5. The third-order valence-electron chi connectivity index (χ3n) is 5.24. The number of anilines is 3. The Labute approximate surface area is 172 Å². The zero-order chi connectivity index (χ0) is 20.8. The van der Waals surface area contributed by atoms with Crippen molar-refractivity contribution in [2.75, 3.05) is 10.6 Å². The fraction of sp³-hybridized carbons (Fsp3) is 0.227. The van der Waals surface area contributed by atoms with E-state index in [4.69, 9.17) is 4.98 Å². The van der Waals surface area contributed by atoms with E-state index < -0.39 is 0 Å². The van der Waals surface area contributed by atoms with Gasteiger partial charge in [-0.2, -0.15) is 9.61 Å². The molecule has 2 fully saturated rings. The SMILES string of the molecule is C=C1NC(=O)C/C1=C\c1cnn2c(NC3CC3)cc(Nc3ccc(F)cc3C)nc12. The lowest BCUT2D eigenvalue weighted by atomic mass is 10.1. The van der Waals surface area contributed by atoms with E-state index in [2.05, 4.69) is 27.6 Å². The fourth-order valence-corrected chi connectivity index (χ4v) is 3.49. The van der Waals surface area contributed by atoms with Gasteiger partial charge in [0.05, 0.1) is 12.6 Å². The molecule has 8 heteroatoms. The molecule has 1 aromatic carbocycles. The van der Waals surface area contributed by atoms with Gasteiger partial charge in [0.15, 0.2) is 5.65 Å². The first-order valence-electron chi connectivity index (χ1n) is 9.84. The molecule has 30 heavy (non-hydrogen) atoms. The molecule has 2 aromatic heterocycles. The number of rotatable bonds is 5. The molecule has 1 saturated carbocycles. The number of aryl methyl sites for hydroxylation is 1. The van der Waals surface area contributed by atoms with Gasteiger partial charge in [0.25, 0.3) is 0 Å². The van der Waals surface area contributed by atoms with Crippen LogP contribution < -0.4 is 16.0 Å². The average Bonchev–Trinajstić information content (AvgIpc) is 3.33. The first kappa shape index (κ1) is 18.4. The third-order valence-corrected chi connectivity index (χ3v) is 5.24. The van der Waals surface area contributed by atoms with Crippen LogP contribution in [-0.4, -0.2) is 26.5 Å². The van der Waals surface area contributed by atoms with E-state index in [1.165, 1.54) is 12.1 Å². The zero-order valence-corrected chi connectivity index (χ0v) is 16.5. The van der Waals surface area contributed by atoms with Crippen LogP contribution in [0.15, 0.2) is 48.3 Å². The summed E-state index contributed by atoms with van der Waals surface area (Å²) in [5.41, 5.74) is 4.44. The quantitative estimate of drug-likeness (QED) is 0.601. The summed E-state index contributed by atoms with van der Waals surface area (Å²) in [6.45, 7) is 5.74. The minimum Gasteiger partial charge on any atom is -0.367 e. The largest absolute Gasteiger partial charge is 0.367 e. The second kappa shape index (κ2) is 6.98. The molecule has 2 aliphatic rings. The number of carbonyl (C=O) groups excluding carboxylic acids is 1. The smallest absolute Gasteiger partial charge is 0.228 e. The second-order valence-corrected chi connectivity index (χ2v) is 7.74. The van der Waals surface area contributed by atoms with E-state index in [0.29, 0.717) is 23.2 Å². The van der Waals surface area contributed by atoms with Crippen LogP contribution in [0, 0.1) is 12.7 Å². The molecule has 0 radical (unpaired) electrons. The number of benzene rings is 1. The molecule has 0 unspecified atom stereocenters. The lowest BCUT2D eigenvalue weighted by molar-refractivity contribution is -0.118. The Morgan fingerprint density at radius 2 is 2.17 bits per heavy atom. The predicted molar refractivity (Wildman–Crippen MR) is 114 cm³/mol. The molecule has 5 rings (SSSR count). The molecule has 1 amide bonds. The number of aromatic nitrogens is 3. The monoisotopic (exact) mass is 404 g/mol. The molecular formula is C22H21FN6O. The van der Waals surface area contributed by atoms with Crippen molar-refractivity contribution in [3.63, 3.8) is 0 Å². The van der Waals surface area contributed by atoms with Crippen molar-refractivity contribution < 1.29 is 9.18 Å². The minimum absolute atomic E-state index is 0.0686. The van der Waals surface area contributed by atoms with E-state index in [0.717, 1.165) is 41.0 Å². The topological polar surface area (TPSA) is 83.4 Å². The van der Waals surface area contributed by atoms with Crippen LogP contribution in [0.25, 0.3) is 11.7 Å². The highest BCUT2D eigenvalue weighted by atomic mass is 19.1. The van der Waals surface area contributed by atoms with Crippen molar-refractivity contribution in [1.82, 2.24) is 19.9 Å².